The molecule has 0 bridgehead atoms. The zero-order chi connectivity index (χ0) is 87.8. The van der Waals surface area contributed by atoms with Gasteiger partial charge in [-0.15, -0.1) is 0 Å². The van der Waals surface area contributed by atoms with Crippen LogP contribution in [0.5, 0.6) is 23.0 Å². The topological polar surface area (TPSA) is 227 Å². The second-order valence-corrected chi connectivity index (χ2v) is 28.5. The number of carbonyl (C=O) groups excluding carboxylic acids is 1. The fraction of sp³-hybridized carbons (Fsp3) is 0.0185. The van der Waals surface area contributed by atoms with Crippen LogP contribution in [0, 0.1) is 0 Å². The Labute approximate surface area is 735 Å². The molecule has 0 spiro atoms. The van der Waals surface area contributed by atoms with Gasteiger partial charge in [-0.1, -0.05) is 252 Å². The summed E-state index contributed by atoms with van der Waals surface area (Å²) in [5.41, 5.74) is 21.4. The number of rotatable bonds is 18. The van der Waals surface area contributed by atoms with Crippen LogP contribution in [0.2, 0.25) is 5.02 Å². The molecule has 127 heavy (non-hydrogen) atoms. The molecule has 0 aliphatic heterocycles. The molecule has 0 radical (unpaired) electrons. The Hall–Kier alpha value is -17.1. The minimum atomic E-state index is -0.474. The van der Waals surface area contributed by atoms with Crippen molar-refractivity contribution in [1.29, 1.82) is 0 Å². The zero-order valence-electron chi connectivity index (χ0n) is 68.9. The van der Waals surface area contributed by atoms with Crippen LogP contribution in [-0.4, -0.2) is 40.9 Å². The molecule has 7 aromatic heterocycles. The molecule has 0 saturated heterocycles. The maximum Gasteiger partial charge on any atom is 0.338 e. The maximum absolute atomic E-state index is 11.7. The van der Waals surface area contributed by atoms with E-state index in [-0.39, 0.29) is 0 Å². The Kier molecular flexibility index (Phi) is 27.4. The van der Waals surface area contributed by atoms with E-state index in [1.807, 2.05) is 303 Å². The molecular weight excluding hydrogens is 1610 g/mol. The average Bonchev–Trinajstić information content (AvgIpc) is 1.68. The van der Waals surface area contributed by atoms with E-state index in [2.05, 4.69) is 93.1 Å². The number of para-hydroxylation sites is 10. The largest absolute Gasteiger partial charge is 0.489 e. The molecule has 21 aromatic rings. The molecule has 0 fully saturated rings. The molecule has 14 aromatic carbocycles. The van der Waals surface area contributed by atoms with Gasteiger partial charge in [0.25, 0.3) is 0 Å². The number of carbonyl (C=O) groups is 1. The number of nitrogens with zero attached hydrogens (tertiary/aromatic N) is 7. The van der Waals surface area contributed by atoms with Crippen molar-refractivity contribution in [2.24, 2.45) is 0 Å². The van der Waals surface area contributed by atoms with Crippen LogP contribution in [0.4, 0.5) is 0 Å². The first-order valence-electron chi connectivity index (χ1n) is 40.0. The number of aromatic nitrogens is 7. The van der Waals surface area contributed by atoms with E-state index in [4.69, 9.17) is 56.7 Å². The van der Waals surface area contributed by atoms with Crippen LogP contribution < -0.4 is 14.2 Å². The van der Waals surface area contributed by atoms with Gasteiger partial charge in [-0.3, -0.25) is 0 Å². The first kappa shape index (κ1) is 84.9. The van der Waals surface area contributed by atoms with Crippen molar-refractivity contribution < 1.29 is 49.9 Å². The van der Waals surface area contributed by atoms with Gasteiger partial charge in [-0.05, 0) is 210 Å². The monoisotopic (exact) mass is 1690 g/mol. The number of halogens is 1. The summed E-state index contributed by atoms with van der Waals surface area (Å²) >= 11 is 5.76. The SMILES string of the molecule is C=C(C)C(=O)Oc1ccccc1-c1nc2ccccc2o1.C=C(c1ccccc1)c1nc2ccccc2o1.C=Cc1ccc(-c2nc3ccccc3o2)cc1.C=Cc1ccc(COc2ccc(-c3nc4ccccc4o3)cc2)cc1.C=Cc1nc2cc(-c3ccccc3)ccc2o1.C=Cc1nc2cc(Cl)ccc2o1.C=Cc1nc2cc(Oc3ccccc3)ccc2o1. The number of esters is 1. The van der Waals surface area contributed by atoms with Gasteiger partial charge in [0.15, 0.2) is 39.1 Å². The minimum Gasteiger partial charge on any atom is -0.489 e. The molecule has 21 rings (SSSR count). The van der Waals surface area contributed by atoms with Crippen LogP contribution in [-0.2, 0) is 11.4 Å². The Morgan fingerprint density at radius 2 is 0.748 bits per heavy atom. The van der Waals surface area contributed by atoms with E-state index < -0.39 is 5.97 Å². The second-order valence-electron chi connectivity index (χ2n) is 28.0. The van der Waals surface area contributed by atoms with E-state index in [1.54, 1.807) is 61.5 Å². The fourth-order valence-corrected chi connectivity index (χ4v) is 12.7. The Balaban J connectivity index is 0.000000115. The number of oxazole rings is 7. The smallest absolute Gasteiger partial charge is 0.338 e. The van der Waals surface area contributed by atoms with Gasteiger partial charge < -0.3 is 45.1 Å². The summed E-state index contributed by atoms with van der Waals surface area (Å²) in [7, 11) is 0. The Morgan fingerprint density at radius 1 is 0.339 bits per heavy atom. The molecule has 19 heteroatoms. The highest BCUT2D eigenvalue weighted by atomic mass is 35.5. The van der Waals surface area contributed by atoms with Crippen molar-refractivity contribution in [3.05, 3.63) is 442 Å². The summed E-state index contributed by atoms with van der Waals surface area (Å²) in [6.07, 6.45) is 8.40. The molecular formula is C108H80ClN7O11. The third kappa shape index (κ3) is 22.0. The number of ether oxygens (including phenoxy) is 3. The van der Waals surface area contributed by atoms with Crippen LogP contribution in [0.25, 0.3) is 159 Å². The fourth-order valence-electron chi connectivity index (χ4n) is 12.6. The number of benzene rings is 14. The molecule has 0 unspecified atom stereocenters. The first-order chi connectivity index (χ1) is 62.2. The summed E-state index contributed by atoms with van der Waals surface area (Å²) < 4.78 is 55.9. The molecule has 0 aliphatic rings. The zero-order valence-corrected chi connectivity index (χ0v) is 69.6. The molecule has 0 N–H and O–H groups in total. The lowest BCUT2D eigenvalue weighted by Gasteiger charge is -2.07. The van der Waals surface area contributed by atoms with Crippen LogP contribution >= 0.6 is 11.6 Å². The second kappa shape index (κ2) is 41.0. The summed E-state index contributed by atoms with van der Waals surface area (Å²) in [6, 6.07) is 108. The standard InChI is InChI=1S/C22H17NO2.C17H13NO3.C15H11NO2.3C15H11NO.C9H6ClNO/c1-2-16-7-9-17(10-8-16)15-24-19-13-11-18(12-14-19)22-23-20-5-3-4-6-21(20)25-22;1-11(2)17(19)21-14-9-5-3-7-12(14)16-18-13-8-4-6-10-15(13)20-16;1-2-15-16-13-10-12(8-9-14(13)18-15)17-11-6-4-3-5-7-11;1-11(12-7-3-2-4-8-12)15-16-13-9-5-6-10-14(13)17-15;1-2-11-7-9-12(10-8-11)15-16-13-5-3-4-6-14(13)17-15;1-2-15-16-13-10-12(8-9-14(13)17-15)11-6-4-3-5-7-11;1-2-9-11-7-5-6(10)3-4-8(7)12-9/h2-14H,1,15H2;3-10H,1H2,2H3;2-10H,1H2;3*2-10H,1H2;2-5H,1H2. The highest BCUT2D eigenvalue weighted by Gasteiger charge is 2.18. The summed E-state index contributed by atoms with van der Waals surface area (Å²) in [5, 5.41) is 0.659. The normalized spacial score (nSPS) is 10.6. The number of hydrogen-bond acceptors (Lipinski definition) is 18. The van der Waals surface area contributed by atoms with Gasteiger partial charge in [-0.25, -0.2) is 39.7 Å². The van der Waals surface area contributed by atoms with Gasteiger partial charge >= 0.3 is 5.97 Å². The van der Waals surface area contributed by atoms with E-state index in [1.165, 1.54) is 5.56 Å². The lowest BCUT2D eigenvalue weighted by Crippen LogP contribution is -2.08. The van der Waals surface area contributed by atoms with E-state index in [9.17, 15) is 4.79 Å². The third-order valence-electron chi connectivity index (χ3n) is 19.1. The van der Waals surface area contributed by atoms with E-state index in [0.717, 1.165) is 134 Å². The summed E-state index contributed by atoms with van der Waals surface area (Å²) in [5.74, 6) is 6.14. The van der Waals surface area contributed by atoms with Crippen molar-refractivity contribution in [2.45, 2.75) is 13.5 Å². The highest BCUT2D eigenvalue weighted by molar-refractivity contribution is 6.31. The van der Waals surface area contributed by atoms with Crippen LogP contribution in [0.15, 0.2) is 422 Å². The average molecular weight is 1690 g/mol. The van der Waals surface area contributed by atoms with Crippen LogP contribution in [0.3, 0.4) is 0 Å². The van der Waals surface area contributed by atoms with Gasteiger partial charge in [0.1, 0.15) is 68.2 Å². The van der Waals surface area contributed by atoms with Crippen molar-refractivity contribution >= 4 is 131 Å². The summed E-state index contributed by atoms with van der Waals surface area (Å²) in [6.45, 7) is 28.1. The molecule has 620 valence electrons. The quantitative estimate of drug-likeness (QED) is 0.0442. The Morgan fingerprint density at radius 3 is 1.27 bits per heavy atom. The van der Waals surface area contributed by atoms with Gasteiger partial charge in [0.2, 0.25) is 41.2 Å². The van der Waals surface area contributed by atoms with Gasteiger partial charge in [-0.2, -0.15) is 0 Å². The molecule has 0 atom stereocenters. The lowest BCUT2D eigenvalue weighted by atomic mass is 10.1. The molecule has 0 amide bonds. The third-order valence-corrected chi connectivity index (χ3v) is 19.3. The van der Waals surface area contributed by atoms with Crippen molar-refractivity contribution in [1.82, 2.24) is 34.9 Å². The first-order valence-corrected chi connectivity index (χ1v) is 40.4. The van der Waals surface area contributed by atoms with E-state index >= 15 is 0 Å². The van der Waals surface area contributed by atoms with E-state index in [0.29, 0.717) is 75.3 Å². The van der Waals surface area contributed by atoms with Crippen molar-refractivity contribution in [2.75, 3.05) is 0 Å². The molecule has 0 aliphatic carbocycles. The highest BCUT2D eigenvalue weighted by Crippen LogP contribution is 2.35. The van der Waals surface area contributed by atoms with Gasteiger partial charge in [0.05, 0.1) is 5.56 Å². The number of fused-ring (bicyclic) bond motifs is 7. The van der Waals surface area contributed by atoms with Crippen molar-refractivity contribution in [3.63, 3.8) is 0 Å². The predicted molar refractivity (Wildman–Crippen MR) is 508 cm³/mol. The minimum absolute atomic E-state index is 0.336. The molecule has 18 nitrogen and oxygen atoms in total. The summed E-state index contributed by atoms with van der Waals surface area (Å²) in [4.78, 5) is 42.2. The molecule has 0 saturated carbocycles. The maximum atomic E-state index is 11.7. The van der Waals surface area contributed by atoms with Gasteiger partial charge in [0, 0.05) is 33.4 Å². The Bertz CT molecular complexity index is 7280. The van der Waals surface area contributed by atoms with Crippen LogP contribution in [0.1, 0.15) is 52.7 Å². The number of hydrogen-bond donors (Lipinski definition) is 0. The lowest BCUT2D eigenvalue weighted by molar-refractivity contribution is -0.130. The predicted octanol–water partition coefficient (Wildman–Crippen LogP) is 29.2. The van der Waals surface area contributed by atoms with Crippen molar-refractivity contribution in [3.8, 4) is 68.5 Å². The molecule has 7 heterocycles.